The molecule has 1 aromatic rings. The van der Waals surface area contributed by atoms with Crippen LogP contribution >= 0.6 is 11.6 Å². The van der Waals surface area contributed by atoms with E-state index in [4.69, 9.17) is 17.3 Å². The maximum absolute atomic E-state index is 12.4. The fourth-order valence-electron chi connectivity index (χ4n) is 1.10. The fraction of sp³-hybridized carbons (Fsp3) is 0.444. The predicted molar refractivity (Wildman–Crippen MR) is 51.6 cm³/mol. The maximum atomic E-state index is 12.4. The molecule has 0 aromatic carbocycles. The summed E-state index contributed by atoms with van der Waals surface area (Å²) in [6.07, 6.45) is -3.47. The lowest BCUT2D eigenvalue weighted by Crippen LogP contribution is -2.11. The van der Waals surface area contributed by atoms with Gasteiger partial charge in [-0.15, -0.1) is 0 Å². The van der Waals surface area contributed by atoms with Gasteiger partial charge in [-0.3, -0.25) is 0 Å². The summed E-state index contributed by atoms with van der Waals surface area (Å²) in [7, 11) is 0. The summed E-state index contributed by atoms with van der Waals surface area (Å²) < 4.78 is 37.1. The normalized spacial score (nSPS) is 11.8. The zero-order valence-corrected chi connectivity index (χ0v) is 8.57. The largest absolute Gasteiger partial charge is 0.434 e. The van der Waals surface area contributed by atoms with Crippen molar-refractivity contribution < 1.29 is 13.2 Å². The second kappa shape index (κ2) is 4.81. The molecule has 6 heteroatoms. The highest BCUT2D eigenvalue weighted by molar-refractivity contribution is 6.31. The highest BCUT2D eigenvalue weighted by Crippen LogP contribution is 2.33. The van der Waals surface area contributed by atoms with Crippen molar-refractivity contribution in [3.05, 3.63) is 28.5 Å². The molecule has 0 amide bonds. The van der Waals surface area contributed by atoms with Gasteiger partial charge < -0.3 is 5.73 Å². The molecule has 0 unspecified atom stereocenters. The Morgan fingerprint density at radius 2 is 2.00 bits per heavy atom. The van der Waals surface area contributed by atoms with E-state index in [1.165, 1.54) is 12.1 Å². The molecule has 0 saturated heterocycles. The lowest BCUT2D eigenvalue weighted by Gasteiger charge is -2.09. The Morgan fingerprint density at radius 1 is 1.33 bits per heavy atom. The summed E-state index contributed by atoms with van der Waals surface area (Å²) in [6, 6.07) is 2.69. The van der Waals surface area contributed by atoms with Crippen molar-refractivity contribution in [1.82, 2.24) is 4.98 Å². The second-order valence-corrected chi connectivity index (χ2v) is 3.43. The zero-order valence-electron chi connectivity index (χ0n) is 7.81. The molecular weight excluding hydrogens is 229 g/mol. The number of halogens is 4. The van der Waals surface area contributed by atoms with Crippen LogP contribution in [0.25, 0.3) is 0 Å². The van der Waals surface area contributed by atoms with Crippen molar-refractivity contribution in [3.63, 3.8) is 0 Å². The van der Waals surface area contributed by atoms with Gasteiger partial charge in [0, 0.05) is 5.69 Å². The van der Waals surface area contributed by atoms with Crippen LogP contribution < -0.4 is 5.73 Å². The first-order chi connectivity index (χ1) is 6.95. The van der Waals surface area contributed by atoms with Gasteiger partial charge in [-0.2, -0.15) is 13.2 Å². The molecule has 84 valence electrons. The van der Waals surface area contributed by atoms with Crippen LogP contribution in [0.3, 0.4) is 0 Å². The Hall–Kier alpha value is -0.810. The van der Waals surface area contributed by atoms with Gasteiger partial charge in [-0.1, -0.05) is 11.6 Å². The third kappa shape index (κ3) is 3.35. The van der Waals surface area contributed by atoms with Gasteiger partial charge in [-0.25, -0.2) is 4.98 Å². The molecule has 1 rings (SSSR count). The summed E-state index contributed by atoms with van der Waals surface area (Å²) >= 11 is 5.41. The molecule has 1 aromatic heterocycles. The Morgan fingerprint density at radius 3 is 2.53 bits per heavy atom. The Bertz CT molecular complexity index is 339. The number of aromatic nitrogens is 1. The number of nitrogens with two attached hydrogens (primary N) is 1. The van der Waals surface area contributed by atoms with E-state index >= 15 is 0 Å². The van der Waals surface area contributed by atoms with E-state index in [0.29, 0.717) is 25.1 Å². The molecule has 0 bridgehead atoms. The van der Waals surface area contributed by atoms with E-state index in [-0.39, 0.29) is 5.02 Å². The number of alkyl halides is 3. The zero-order chi connectivity index (χ0) is 11.5. The summed E-state index contributed by atoms with van der Waals surface area (Å²) in [6.45, 7) is 0.422. The molecule has 1 heterocycles. The van der Waals surface area contributed by atoms with E-state index in [2.05, 4.69) is 4.98 Å². The van der Waals surface area contributed by atoms with Crippen LogP contribution in [0.1, 0.15) is 17.8 Å². The first-order valence-corrected chi connectivity index (χ1v) is 4.75. The van der Waals surface area contributed by atoms with Crippen LogP contribution in [-0.2, 0) is 12.6 Å². The Labute approximate surface area is 90.3 Å². The van der Waals surface area contributed by atoms with Crippen LogP contribution in [0.2, 0.25) is 5.02 Å². The van der Waals surface area contributed by atoms with Gasteiger partial charge in [-0.05, 0) is 31.5 Å². The number of pyridine rings is 1. The van der Waals surface area contributed by atoms with E-state index < -0.39 is 11.9 Å². The van der Waals surface area contributed by atoms with Crippen molar-refractivity contribution >= 4 is 11.6 Å². The van der Waals surface area contributed by atoms with Gasteiger partial charge in [0.25, 0.3) is 0 Å². The fourth-order valence-corrected chi connectivity index (χ4v) is 1.32. The van der Waals surface area contributed by atoms with Crippen LogP contribution in [0.4, 0.5) is 13.2 Å². The second-order valence-electron chi connectivity index (χ2n) is 3.02. The topological polar surface area (TPSA) is 38.9 Å². The Kier molecular flexibility index (Phi) is 3.93. The molecule has 0 aliphatic carbocycles. The third-order valence-electron chi connectivity index (χ3n) is 1.81. The van der Waals surface area contributed by atoms with Crippen LogP contribution in [0, 0.1) is 0 Å². The third-order valence-corrected chi connectivity index (χ3v) is 2.11. The molecule has 0 fully saturated rings. The summed E-state index contributed by atoms with van der Waals surface area (Å²) in [5, 5.41) is -0.376. The van der Waals surface area contributed by atoms with Gasteiger partial charge in [0.05, 0.1) is 5.02 Å². The van der Waals surface area contributed by atoms with Crippen molar-refractivity contribution in [2.75, 3.05) is 6.54 Å². The maximum Gasteiger partial charge on any atom is 0.434 e. The number of hydrogen-bond acceptors (Lipinski definition) is 2. The smallest absolute Gasteiger partial charge is 0.330 e. The quantitative estimate of drug-likeness (QED) is 0.879. The molecule has 0 saturated carbocycles. The monoisotopic (exact) mass is 238 g/mol. The van der Waals surface area contributed by atoms with Crippen molar-refractivity contribution in [2.45, 2.75) is 19.0 Å². The van der Waals surface area contributed by atoms with E-state index in [1.807, 2.05) is 0 Å². The van der Waals surface area contributed by atoms with E-state index in [9.17, 15) is 13.2 Å². The van der Waals surface area contributed by atoms with E-state index in [0.717, 1.165) is 0 Å². The van der Waals surface area contributed by atoms with Gasteiger partial charge in [0.15, 0.2) is 5.69 Å². The van der Waals surface area contributed by atoms with Crippen molar-refractivity contribution in [2.24, 2.45) is 5.73 Å². The van der Waals surface area contributed by atoms with Gasteiger partial charge in [0.1, 0.15) is 0 Å². The van der Waals surface area contributed by atoms with Crippen LogP contribution in [-0.4, -0.2) is 11.5 Å². The lowest BCUT2D eigenvalue weighted by molar-refractivity contribution is -0.141. The first-order valence-electron chi connectivity index (χ1n) is 4.38. The number of hydrogen-bond donors (Lipinski definition) is 1. The average Bonchev–Trinajstić information content (AvgIpc) is 2.15. The summed E-state index contributed by atoms with van der Waals surface area (Å²) in [5.74, 6) is 0. The van der Waals surface area contributed by atoms with Gasteiger partial charge in [0.2, 0.25) is 0 Å². The molecule has 0 atom stereocenters. The molecule has 0 radical (unpaired) electrons. The number of rotatable bonds is 3. The minimum absolute atomic E-state index is 0.358. The molecule has 2 nitrogen and oxygen atoms in total. The summed E-state index contributed by atoms with van der Waals surface area (Å²) in [4.78, 5) is 3.47. The molecule has 0 aliphatic heterocycles. The van der Waals surface area contributed by atoms with Gasteiger partial charge >= 0.3 is 6.18 Å². The van der Waals surface area contributed by atoms with Crippen LogP contribution in [0.15, 0.2) is 12.1 Å². The van der Waals surface area contributed by atoms with Crippen molar-refractivity contribution in [1.29, 1.82) is 0 Å². The number of nitrogens with zero attached hydrogens (tertiary/aromatic N) is 1. The highest BCUT2D eigenvalue weighted by atomic mass is 35.5. The molecule has 2 N–H and O–H groups in total. The lowest BCUT2D eigenvalue weighted by atomic mass is 10.2. The Balaban J connectivity index is 2.95. The predicted octanol–water partition coefficient (Wildman–Crippen LogP) is 2.65. The number of aryl methyl sites for hydroxylation is 1. The minimum atomic E-state index is -4.50. The first kappa shape index (κ1) is 12.3. The summed E-state index contributed by atoms with van der Waals surface area (Å²) in [5.41, 5.74) is 4.58. The average molecular weight is 239 g/mol. The minimum Gasteiger partial charge on any atom is -0.330 e. The molecular formula is C9H10ClF3N2. The van der Waals surface area contributed by atoms with Crippen molar-refractivity contribution in [3.8, 4) is 0 Å². The SMILES string of the molecule is NCCCc1ccc(Cl)c(C(F)(F)F)n1. The van der Waals surface area contributed by atoms with E-state index in [1.54, 1.807) is 0 Å². The standard InChI is InChI=1S/C9H10ClF3N2/c10-7-4-3-6(2-1-5-14)15-8(7)9(11,12)13/h3-4H,1-2,5,14H2. The molecule has 0 aliphatic rings. The van der Waals surface area contributed by atoms with Crippen LogP contribution in [0.5, 0.6) is 0 Å². The molecule has 15 heavy (non-hydrogen) atoms. The molecule has 0 spiro atoms. The highest BCUT2D eigenvalue weighted by Gasteiger charge is 2.35.